The summed E-state index contributed by atoms with van der Waals surface area (Å²) in [6, 6.07) is 13.3. The number of halogens is 2. The maximum absolute atomic E-state index is 13.5. The molecular formula is C23H25Cl2N3O2. The van der Waals surface area contributed by atoms with Crippen LogP contribution in [0.1, 0.15) is 37.2 Å². The molecule has 0 radical (unpaired) electrons. The maximum Gasteiger partial charge on any atom is 0.245 e. The molecule has 5 nitrogen and oxygen atoms in total. The summed E-state index contributed by atoms with van der Waals surface area (Å²) >= 11 is 12.3. The van der Waals surface area contributed by atoms with E-state index in [1.54, 1.807) is 6.07 Å². The van der Waals surface area contributed by atoms with Crippen LogP contribution >= 0.6 is 23.2 Å². The van der Waals surface area contributed by atoms with Gasteiger partial charge in [0.05, 0.1) is 34.3 Å². The molecule has 1 aliphatic rings. The van der Waals surface area contributed by atoms with Gasteiger partial charge in [0, 0.05) is 19.5 Å². The Hall–Kier alpha value is -2.08. The minimum atomic E-state index is -0.293. The maximum atomic E-state index is 13.5. The van der Waals surface area contributed by atoms with Crippen molar-refractivity contribution in [2.24, 2.45) is 0 Å². The van der Waals surface area contributed by atoms with E-state index in [0.717, 1.165) is 35.3 Å². The van der Waals surface area contributed by atoms with E-state index in [1.165, 1.54) is 0 Å². The number of carbonyl (C=O) groups is 1. The highest BCUT2D eigenvalue weighted by molar-refractivity contribution is 6.42. The first-order valence-corrected chi connectivity index (χ1v) is 11.1. The minimum absolute atomic E-state index is 0.138. The first-order chi connectivity index (χ1) is 14.6. The number of amides is 1. The molecule has 1 fully saturated rings. The van der Waals surface area contributed by atoms with Crippen molar-refractivity contribution in [2.75, 3.05) is 26.3 Å². The molecule has 158 valence electrons. The van der Waals surface area contributed by atoms with Crippen LogP contribution in [0.2, 0.25) is 10.0 Å². The summed E-state index contributed by atoms with van der Waals surface area (Å²) in [6.45, 7) is 4.55. The standard InChI is InChI=1S/C23H25Cl2N3O2/c1-2-5-21(23(29)27-10-12-30-13-11-27)28-20-7-4-3-6-19(20)26-22(28)15-16-8-9-17(24)18(25)14-16/h3-4,6-9,14,21H,2,5,10-13,15H2,1H3/t21-/m0/s1. The van der Waals surface area contributed by atoms with Crippen molar-refractivity contribution in [3.8, 4) is 0 Å². The molecule has 1 aliphatic heterocycles. The van der Waals surface area contributed by atoms with Crippen LogP contribution in [0.4, 0.5) is 0 Å². The van der Waals surface area contributed by atoms with Gasteiger partial charge >= 0.3 is 0 Å². The van der Waals surface area contributed by atoms with E-state index < -0.39 is 0 Å². The SMILES string of the molecule is CCC[C@@H](C(=O)N1CCOCC1)n1c(Cc2ccc(Cl)c(Cl)c2)nc2ccccc21. The number of para-hydroxylation sites is 2. The molecule has 0 unspecified atom stereocenters. The molecule has 1 aromatic heterocycles. The van der Waals surface area contributed by atoms with Crippen molar-refractivity contribution in [2.45, 2.75) is 32.2 Å². The summed E-state index contributed by atoms with van der Waals surface area (Å²) in [5, 5.41) is 1.05. The third kappa shape index (κ3) is 4.34. The van der Waals surface area contributed by atoms with E-state index in [9.17, 15) is 4.79 Å². The zero-order valence-electron chi connectivity index (χ0n) is 17.0. The van der Waals surface area contributed by atoms with Crippen LogP contribution in [0.3, 0.4) is 0 Å². The zero-order chi connectivity index (χ0) is 21.1. The molecule has 1 atom stereocenters. The van der Waals surface area contributed by atoms with E-state index in [2.05, 4.69) is 11.5 Å². The highest BCUT2D eigenvalue weighted by Crippen LogP contribution is 2.29. The Bertz CT molecular complexity index is 1040. The number of imidazole rings is 1. The molecule has 7 heteroatoms. The van der Waals surface area contributed by atoms with Crippen molar-refractivity contribution in [3.05, 3.63) is 63.9 Å². The van der Waals surface area contributed by atoms with E-state index in [1.807, 2.05) is 41.3 Å². The summed E-state index contributed by atoms with van der Waals surface area (Å²) < 4.78 is 7.56. The van der Waals surface area contributed by atoms with Crippen molar-refractivity contribution in [1.82, 2.24) is 14.5 Å². The largest absolute Gasteiger partial charge is 0.378 e. The third-order valence-electron chi connectivity index (χ3n) is 5.50. The molecule has 2 heterocycles. The smallest absolute Gasteiger partial charge is 0.245 e. The molecular weight excluding hydrogens is 421 g/mol. The van der Waals surface area contributed by atoms with Gasteiger partial charge in [0.15, 0.2) is 0 Å². The van der Waals surface area contributed by atoms with Gasteiger partial charge < -0.3 is 14.2 Å². The average molecular weight is 446 g/mol. The minimum Gasteiger partial charge on any atom is -0.378 e. The first kappa shape index (κ1) is 21.2. The van der Waals surface area contributed by atoms with E-state index in [0.29, 0.717) is 42.8 Å². The number of hydrogen-bond donors (Lipinski definition) is 0. The fourth-order valence-electron chi connectivity index (χ4n) is 4.03. The molecule has 0 bridgehead atoms. The topological polar surface area (TPSA) is 47.4 Å². The van der Waals surface area contributed by atoms with Gasteiger partial charge in [0.1, 0.15) is 11.9 Å². The van der Waals surface area contributed by atoms with Crippen LogP contribution in [0.25, 0.3) is 11.0 Å². The second kappa shape index (κ2) is 9.38. The van der Waals surface area contributed by atoms with E-state index in [4.69, 9.17) is 32.9 Å². The molecule has 2 aromatic carbocycles. The van der Waals surface area contributed by atoms with Crippen LogP contribution in [0, 0.1) is 0 Å². The summed E-state index contributed by atoms with van der Waals surface area (Å²) in [5.74, 6) is 0.994. The van der Waals surface area contributed by atoms with Gasteiger partial charge in [-0.2, -0.15) is 0 Å². The lowest BCUT2D eigenvalue weighted by Crippen LogP contribution is -2.44. The predicted molar refractivity (Wildman–Crippen MR) is 120 cm³/mol. The number of ether oxygens (including phenoxy) is 1. The average Bonchev–Trinajstić information content (AvgIpc) is 3.12. The Balaban J connectivity index is 1.77. The highest BCUT2D eigenvalue weighted by Gasteiger charge is 2.29. The molecule has 1 saturated heterocycles. The van der Waals surface area contributed by atoms with Gasteiger partial charge in [0.2, 0.25) is 5.91 Å². The quantitative estimate of drug-likeness (QED) is 0.527. The van der Waals surface area contributed by atoms with Gasteiger partial charge in [-0.15, -0.1) is 0 Å². The number of aromatic nitrogens is 2. The van der Waals surface area contributed by atoms with Gasteiger partial charge in [-0.1, -0.05) is 54.7 Å². The normalized spacial score (nSPS) is 15.5. The fraction of sp³-hybridized carbons (Fsp3) is 0.391. The number of morpholine rings is 1. The van der Waals surface area contributed by atoms with Crippen LogP contribution in [0.5, 0.6) is 0 Å². The van der Waals surface area contributed by atoms with Gasteiger partial charge in [0.25, 0.3) is 0 Å². The Morgan fingerprint density at radius 1 is 1.13 bits per heavy atom. The van der Waals surface area contributed by atoms with E-state index in [-0.39, 0.29) is 11.9 Å². The number of carbonyl (C=O) groups excluding carboxylic acids is 1. The summed E-state index contributed by atoms with van der Waals surface area (Å²) in [6.07, 6.45) is 2.23. The highest BCUT2D eigenvalue weighted by atomic mass is 35.5. The molecule has 4 rings (SSSR count). The lowest BCUT2D eigenvalue weighted by atomic mass is 10.1. The molecule has 3 aromatic rings. The van der Waals surface area contributed by atoms with Crippen molar-refractivity contribution >= 4 is 40.1 Å². The Kier molecular flexibility index (Phi) is 6.61. The number of rotatable bonds is 6. The summed E-state index contributed by atoms with van der Waals surface area (Å²) in [7, 11) is 0. The molecule has 1 amide bonds. The van der Waals surface area contributed by atoms with Crippen molar-refractivity contribution in [3.63, 3.8) is 0 Å². The lowest BCUT2D eigenvalue weighted by Gasteiger charge is -2.31. The van der Waals surface area contributed by atoms with Crippen molar-refractivity contribution in [1.29, 1.82) is 0 Å². The molecule has 0 aliphatic carbocycles. The third-order valence-corrected chi connectivity index (χ3v) is 6.24. The van der Waals surface area contributed by atoms with Crippen LogP contribution in [-0.4, -0.2) is 46.7 Å². The number of nitrogens with zero attached hydrogens (tertiary/aromatic N) is 3. The second-order valence-electron chi connectivity index (χ2n) is 7.55. The first-order valence-electron chi connectivity index (χ1n) is 10.3. The van der Waals surface area contributed by atoms with Gasteiger partial charge in [-0.05, 0) is 36.2 Å². The fourth-order valence-corrected chi connectivity index (χ4v) is 4.35. The number of benzene rings is 2. The molecule has 0 N–H and O–H groups in total. The predicted octanol–water partition coefficient (Wildman–Crippen LogP) is 5.13. The molecule has 30 heavy (non-hydrogen) atoms. The summed E-state index contributed by atoms with van der Waals surface area (Å²) in [4.78, 5) is 20.3. The second-order valence-corrected chi connectivity index (χ2v) is 8.37. The van der Waals surface area contributed by atoms with Gasteiger partial charge in [-0.3, -0.25) is 4.79 Å². The zero-order valence-corrected chi connectivity index (χ0v) is 18.5. The lowest BCUT2D eigenvalue weighted by molar-refractivity contribution is -0.139. The van der Waals surface area contributed by atoms with Crippen LogP contribution < -0.4 is 0 Å². The molecule has 0 saturated carbocycles. The Labute approximate surface area is 186 Å². The van der Waals surface area contributed by atoms with Crippen LogP contribution in [-0.2, 0) is 16.0 Å². The van der Waals surface area contributed by atoms with E-state index >= 15 is 0 Å². The number of hydrogen-bond acceptors (Lipinski definition) is 3. The van der Waals surface area contributed by atoms with Gasteiger partial charge in [-0.25, -0.2) is 4.98 Å². The molecule has 0 spiro atoms. The van der Waals surface area contributed by atoms with Crippen LogP contribution in [0.15, 0.2) is 42.5 Å². The number of fused-ring (bicyclic) bond motifs is 1. The van der Waals surface area contributed by atoms with Crippen molar-refractivity contribution < 1.29 is 9.53 Å². The Morgan fingerprint density at radius 3 is 2.63 bits per heavy atom. The Morgan fingerprint density at radius 2 is 1.90 bits per heavy atom. The summed E-state index contributed by atoms with van der Waals surface area (Å²) in [5.41, 5.74) is 2.88. The monoisotopic (exact) mass is 445 g/mol.